The van der Waals surface area contributed by atoms with Crippen LogP contribution in [0.1, 0.15) is 5.82 Å². The van der Waals surface area contributed by atoms with Crippen molar-refractivity contribution >= 4 is 16.9 Å². The maximum atomic E-state index is 11.9. The van der Waals surface area contributed by atoms with E-state index in [-0.39, 0.29) is 18.9 Å². The van der Waals surface area contributed by atoms with E-state index in [1.54, 1.807) is 11.7 Å². The number of benzene rings is 1. The zero-order chi connectivity index (χ0) is 14.4. The van der Waals surface area contributed by atoms with Crippen LogP contribution in [0.3, 0.4) is 0 Å². The number of nitrogens with zero attached hydrogens (tertiary/aromatic N) is 3. The Labute approximate surface area is 117 Å². The van der Waals surface area contributed by atoms with Gasteiger partial charge in [-0.15, -0.1) is 0 Å². The molecule has 104 valence electrons. The predicted octanol–water partition coefficient (Wildman–Crippen LogP) is 0.865. The SMILES string of the molecule is COCCNC(=O)Cn1c(CC#N)nc2ccccc21. The number of nitriles is 1. The molecule has 1 heterocycles. The third-order valence-electron chi connectivity index (χ3n) is 2.90. The minimum atomic E-state index is -0.121. The number of amides is 1. The number of carbonyl (C=O) groups excluding carboxylic acids is 1. The highest BCUT2D eigenvalue weighted by atomic mass is 16.5. The molecule has 0 unspecified atom stereocenters. The Morgan fingerprint density at radius 3 is 3.05 bits per heavy atom. The molecular weight excluding hydrogens is 256 g/mol. The van der Waals surface area contributed by atoms with Gasteiger partial charge in [-0.05, 0) is 12.1 Å². The van der Waals surface area contributed by atoms with Gasteiger partial charge in [0.25, 0.3) is 0 Å². The monoisotopic (exact) mass is 272 g/mol. The fourth-order valence-corrected chi connectivity index (χ4v) is 2.00. The van der Waals surface area contributed by atoms with Gasteiger partial charge in [-0.25, -0.2) is 4.98 Å². The van der Waals surface area contributed by atoms with Gasteiger partial charge < -0.3 is 14.6 Å². The second-order valence-electron chi connectivity index (χ2n) is 4.28. The molecule has 1 amide bonds. The van der Waals surface area contributed by atoms with E-state index in [0.717, 1.165) is 11.0 Å². The van der Waals surface area contributed by atoms with Gasteiger partial charge in [-0.1, -0.05) is 12.1 Å². The van der Waals surface area contributed by atoms with Crippen molar-refractivity contribution in [1.29, 1.82) is 5.26 Å². The Bertz CT molecular complexity index is 642. The molecule has 6 heteroatoms. The number of methoxy groups -OCH3 is 1. The summed E-state index contributed by atoms with van der Waals surface area (Å²) in [6.45, 7) is 1.10. The van der Waals surface area contributed by atoms with Gasteiger partial charge in [0.15, 0.2) is 0 Å². The predicted molar refractivity (Wildman–Crippen MR) is 73.9 cm³/mol. The Balaban J connectivity index is 2.21. The van der Waals surface area contributed by atoms with Crippen molar-refractivity contribution in [3.63, 3.8) is 0 Å². The summed E-state index contributed by atoms with van der Waals surface area (Å²) in [7, 11) is 1.58. The van der Waals surface area contributed by atoms with Crippen LogP contribution < -0.4 is 5.32 Å². The van der Waals surface area contributed by atoms with Crippen molar-refractivity contribution in [2.75, 3.05) is 20.3 Å². The van der Waals surface area contributed by atoms with Crippen LogP contribution in [-0.4, -0.2) is 35.7 Å². The van der Waals surface area contributed by atoms with Crippen molar-refractivity contribution in [1.82, 2.24) is 14.9 Å². The molecule has 1 aromatic heterocycles. The average molecular weight is 272 g/mol. The van der Waals surface area contributed by atoms with Crippen molar-refractivity contribution < 1.29 is 9.53 Å². The number of ether oxygens (including phenoxy) is 1. The summed E-state index contributed by atoms with van der Waals surface area (Å²) in [4.78, 5) is 16.3. The minimum Gasteiger partial charge on any atom is -0.383 e. The summed E-state index contributed by atoms with van der Waals surface area (Å²) in [5.74, 6) is 0.486. The van der Waals surface area contributed by atoms with Crippen LogP contribution in [0.25, 0.3) is 11.0 Å². The molecule has 0 aliphatic carbocycles. The van der Waals surface area contributed by atoms with Crippen LogP contribution in [0.2, 0.25) is 0 Å². The van der Waals surface area contributed by atoms with E-state index >= 15 is 0 Å². The van der Waals surface area contributed by atoms with E-state index < -0.39 is 0 Å². The largest absolute Gasteiger partial charge is 0.383 e. The van der Waals surface area contributed by atoms with Crippen molar-refractivity contribution in [2.24, 2.45) is 0 Å². The molecule has 1 aromatic carbocycles. The van der Waals surface area contributed by atoms with E-state index in [9.17, 15) is 4.79 Å². The van der Waals surface area contributed by atoms with Crippen molar-refractivity contribution in [3.8, 4) is 6.07 Å². The fraction of sp³-hybridized carbons (Fsp3) is 0.357. The number of rotatable bonds is 6. The second-order valence-corrected chi connectivity index (χ2v) is 4.28. The molecule has 2 aromatic rings. The second kappa shape index (κ2) is 6.68. The lowest BCUT2D eigenvalue weighted by Gasteiger charge is -2.08. The summed E-state index contributed by atoms with van der Waals surface area (Å²) in [5.41, 5.74) is 1.65. The van der Waals surface area contributed by atoms with Crippen LogP contribution in [0.5, 0.6) is 0 Å². The normalized spacial score (nSPS) is 10.4. The summed E-state index contributed by atoms with van der Waals surface area (Å²) < 4.78 is 6.66. The first-order chi connectivity index (χ1) is 9.76. The molecular formula is C14H16N4O2. The van der Waals surface area contributed by atoms with Crippen molar-refractivity contribution in [2.45, 2.75) is 13.0 Å². The first-order valence-corrected chi connectivity index (χ1v) is 6.33. The molecule has 0 saturated carbocycles. The number of nitrogens with one attached hydrogen (secondary N) is 1. The first-order valence-electron chi connectivity index (χ1n) is 6.33. The molecule has 0 spiro atoms. The molecule has 0 bridgehead atoms. The van der Waals surface area contributed by atoms with Gasteiger partial charge in [-0.3, -0.25) is 4.79 Å². The maximum Gasteiger partial charge on any atom is 0.240 e. The first kappa shape index (κ1) is 14.0. The molecule has 0 aliphatic heterocycles. The smallest absolute Gasteiger partial charge is 0.240 e. The van der Waals surface area contributed by atoms with Gasteiger partial charge in [0, 0.05) is 13.7 Å². The molecule has 6 nitrogen and oxygen atoms in total. The number of hydrogen-bond acceptors (Lipinski definition) is 4. The number of imidazole rings is 1. The van der Waals surface area contributed by atoms with Crippen molar-refractivity contribution in [3.05, 3.63) is 30.1 Å². The topological polar surface area (TPSA) is 79.9 Å². The van der Waals surface area contributed by atoms with Gasteiger partial charge in [0.05, 0.1) is 30.1 Å². The Hall–Kier alpha value is -2.39. The lowest BCUT2D eigenvalue weighted by Crippen LogP contribution is -2.30. The summed E-state index contributed by atoms with van der Waals surface area (Å²) in [5, 5.41) is 11.6. The Kier molecular flexibility index (Phi) is 4.69. The Morgan fingerprint density at radius 2 is 2.30 bits per heavy atom. The number of carbonyl (C=O) groups is 1. The highest BCUT2D eigenvalue weighted by Crippen LogP contribution is 2.16. The summed E-state index contributed by atoms with van der Waals surface area (Å²) >= 11 is 0. The highest BCUT2D eigenvalue weighted by molar-refractivity contribution is 5.81. The maximum absolute atomic E-state index is 11.9. The molecule has 0 aliphatic rings. The lowest BCUT2D eigenvalue weighted by atomic mass is 10.3. The molecule has 2 rings (SSSR count). The number of aromatic nitrogens is 2. The molecule has 20 heavy (non-hydrogen) atoms. The van der Waals surface area contributed by atoms with Gasteiger partial charge in [0.2, 0.25) is 5.91 Å². The zero-order valence-electron chi connectivity index (χ0n) is 11.3. The lowest BCUT2D eigenvalue weighted by molar-refractivity contribution is -0.121. The molecule has 1 N–H and O–H groups in total. The van der Waals surface area contributed by atoms with Crippen LogP contribution in [0.15, 0.2) is 24.3 Å². The number of para-hydroxylation sites is 2. The molecule has 0 saturated heterocycles. The third kappa shape index (κ3) is 3.13. The van der Waals surface area contributed by atoms with E-state index in [2.05, 4.69) is 16.4 Å². The number of hydrogen-bond donors (Lipinski definition) is 1. The van der Waals surface area contributed by atoms with Gasteiger partial charge in [0.1, 0.15) is 12.4 Å². The third-order valence-corrected chi connectivity index (χ3v) is 2.90. The van der Waals surface area contributed by atoms with Crippen LogP contribution in [0.4, 0.5) is 0 Å². The standard InChI is InChI=1S/C14H16N4O2/c1-20-9-8-16-14(19)10-18-12-5-3-2-4-11(12)17-13(18)6-7-15/h2-5H,6,8-10H2,1H3,(H,16,19). The zero-order valence-corrected chi connectivity index (χ0v) is 11.3. The minimum absolute atomic E-state index is 0.121. The van der Waals surface area contributed by atoms with Gasteiger partial charge >= 0.3 is 0 Å². The number of fused-ring (bicyclic) bond motifs is 1. The van der Waals surface area contributed by atoms with Gasteiger partial charge in [-0.2, -0.15) is 5.26 Å². The average Bonchev–Trinajstić information content (AvgIpc) is 2.78. The Morgan fingerprint density at radius 1 is 1.50 bits per heavy atom. The van der Waals surface area contributed by atoms with E-state index in [4.69, 9.17) is 10.00 Å². The summed E-state index contributed by atoms with van der Waals surface area (Å²) in [6, 6.07) is 9.61. The van der Waals surface area contributed by atoms with Crippen LogP contribution in [0, 0.1) is 11.3 Å². The van der Waals surface area contributed by atoms with Crippen LogP contribution >= 0.6 is 0 Å². The fourth-order valence-electron chi connectivity index (χ4n) is 2.00. The quantitative estimate of drug-likeness (QED) is 0.791. The van der Waals surface area contributed by atoms with E-state index in [1.807, 2.05) is 24.3 Å². The van der Waals surface area contributed by atoms with Crippen LogP contribution in [-0.2, 0) is 22.5 Å². The highest BCUT2D eigenvalue weighted by Gasteiger charge is 2.12. The van der Waals surface area contributed by atoms with E-state index in [0.29, 0.717) is 19.0 Å². The molecule has 0 atom stereocenters. The van der Waals surface area contributed by atoms with E-state index in [1.165, 1.54) is 0 Å². The molecule has 0 fully saturated rings. The summed E-state index contributed by atoms with van der Waals surface area (Å²) in [6.07, 6.45) is 0.181. The molecule has 0 radical (unpaired) electrons.